The molecule has 0 aliphatic carbocycles. The lowest BCUT2D eigenvalue weighted by Gasteiger charge is -2.31. The highest BCUT2D eigenvalue weighted by Crippen LogP contribution is 2.42. The second-order valence-electron chi connectivity index (χ2n) is 5.60. The molecule has 16 heteroatoms. The molecule has 30 heavy (non-hydrogen) atoms. The number of esters is 2. The molecule has 8 nitrogen and oxygen atoms in total. The van der Waals surface area contributed by atoms with Gasteiger partial charge < -0.3 is 14.2 Å². The van der Waals surface area contributed by atoms with Crippen LogP contribution in [-0.4, -0.2) is 61.3 Å². The Morgan fingerprint density at radius 2 is 1.60 bits per heavy atom. The third-order valence-corrected chi connectivity index (χ3v) is 4.15. The van der Waals surface area contributed by atoms with E-state index in [1.54, 1.807) is 0 Å². The van der Waals surface area contributed by atoms with Gasteiger partial charge in [0.25, 0.3) is 0 Å². The van der Waals surface area contributed by atoms with Gasteiger partial charge in [-0.2, -0.15) is 39.2 Å². The minimum Gasteiger partial charge on any atom is -0.456 e. The van der Waals surface area contributed by atoms with Gasteiger partial charge in [0.05, 0.1) is 6.61 Å². The van der Waals surface area contributed by atoms with Crippen molar-refractivity contribution in [2.75, 3.05) is 13.2 Å². The molecular formula is C14H17F7O8S. The summed E-state index contributed by atoms with van der Waals surface area (Å²) in [6, 6.07) is 0. The smallest absolute Gasteiger partial charge is 0.456 e. The molecule has 0 aliphatic heterocycles. The Labute approximate surface area is 165 Å². The number of hydrogen-bond donors (Lipinski definition) is 1. The van der Waals surface area contributed by atoms with Crippen LogP contribution in [0.3, 0.4) is 0 Å². The van der Waals surface area contributed by atoms with Crippen molar-refractivity contribution in [3.8, 4) is 0 Å². The van der Waals surface area contributed by atoms with Gasteiger partial charge in [0.2, 0.25) is 0 Å². The Morgan fingerprint density at radius 1 is 1.07 bits per heavy atom. The third kappa shape index (κ3) is 6.53. The number of alkyl halides is 7. The zero-order valence-corrected chi connectivity index (χ0v) is 16.0. The Bertz CT molecular complexity index is 735. The van der Waals surface area contributed by atoms with Crippen LogP contribution in [0, 0.1) is 0 Å². The second-order valence-corrected chi connectivity index (χ2v) is 7.06. The van der Waals surface area contributed by atoms with Crippen LogP contribution in [0.25, 0.3) is 0 Å². The minimum atomic E-state index is -6.47. The van der Waals surface area contributed by atoms with Crippen molar-refractivity contribution in [2.24, 2.45) is 0 Å². The molecule has 176 valence electrons. The molecule has 1 N–H and O–H groups in total. The predicted octanol–water partition coefficient (Wildman–Crippen LogP) is 2.84. The number of halogens is 7. The van der Waals surface area contributed by atoms with Gasteiger partial charge in [-0.1, -0.05) is 12.7 Å². The van der Waals surface area contributed by atoms with E-state index in [2.05, 4.69) is 20.8 Å². The second kappa shape index (κ2) is 9.91. The van der Waals surface area contributed by atoms with Crippen LogP contribution in [0.1, 0.15) is 26.2 Å². The number of carbonyl (C=O) groups excluding carboxylic acids is 2. The van der Waals surface area contributed by atoms with Gasteiger partial charge in [-0.25, -0.2) is 4.79 Å². The van der Waals surface area contributed by atoms with Crippen LogP contribution in [0.4, 0.5) is 30.7 Å². The predicted molar refractivity (Wildman–Crippen MR) is 83.0 cm³/mol. The maximum atomic E-state index is 13.4. The average Bonchev–Trinajstić information content (AvgIpc) is 2.55. The molecule has 0 saturated carbocycles. The summed E-state index contributed by atoms with van der Waals surface area (Å²) in [4.78, 5) is 22.8. The molecule has 0 fully saturated rings. The van der Waals surface area contributed by atoms with E-state index in [4.69, 9.17) is 4.55 Å². The van der Waals surface area contributed by atoms with Crippen molar-refractivity contribution in [1.82, 2.24) is 0 Å². The van der Waals surface area contributed by atoms with Gasteiger partial charge >= 0.3 is 45.2 Å². The first kappa shape index (κ1) is 28.1. The van der Waals surface area contributed by atoms with Crippen molar-refractivity contribution < 1.29 is 67.5 Å². The fraction of sp³-hybridized carbons (Fsp3) is 0.714. The molecule has 0 amide bonds. The van der Waals surface area contributed by atoms with Gasteiger partial charge in [-0.3, -0.25) is 9.35 Å². The number of ether oxygens (including phenoxy) is 3. The lowest BCUT2D eigenvalue weighted by molar-refractivity contribution is -0.355. The largest absolute Gasteiger partial charge is 0.468 e. The molecular weight excluding hydrogens is 461 g/mol. The number of hydrogen-bond acceptors (Lipinski definition) is 7. The summed E-state index contributed by atoms with van der Waals surface area (Å²) in [5, 5.41) is -5.84. The lowest BCUT2D eigenvalue weighted by Crippen LogP contribution is -2.58. The molecule has 0 bridgehead atoms. The maximum absolute atomic E-state index is 13.4. The van der Waals surface area contributed by atoms with E-state index in [0.29, 0.717) is 6.92 Å². The summed E-state index contributed by atoms with van der Waals surface area (Å²) < 4.78 is 134. The SMILES string of the molecule is C=CCOC(=O)C(OCCCCC(F)(F)C(F)(F)S(=O)(=O)O)(OC(C)=O)C(F)(F)F. The molecule has 0 saturated heterocycles. The van der Waals surface area contributed by atoms with Crippen molar-refractivity contribution in [1.29, 1.82) is 0 Å². The maximum Gasteiger partial charge on any atom is 0.468 e. The molecule has 0 aromatic rings. The highest BCUT2D eigenvalue weighted by molar-refractivity contribution is 7.87. The lowest BCUT2D eigenvalue weighted by atomic mass is 10.1. The van der Waals surface area contributed by atoms with Crippen LogP contribution in [0.15, 0.2) is 12.7 Å². The number of unbranched alkanes of at least 4 members (excludes halogenated alkanes) is 1. The Hall–Kier alpha value is -1.94. The molecule has 1 unspecified atom stereocenters. The normalized spacial score (nSPS) is 15.2. The van der Waals surface area contributed by atoms with E-state index >= 15 is 0 Å². The van der Waals surface area contributed by atoms with E-state index in [1.165, 1.54) is 0 Å². The monoisotopic (exact) mass is 478 g/mol. The van der Waals surface area contributed by atoms with Crippen LogP contribution >= 0.6 is 0 Å². The molecule has 0 aromatic carbocycles. The van der Waals surface area contributed by atoms with Gasteiger partial charge in [0.1, 0.15) is 6.61 Å². The molecule has 1 atom stereocenters. The van der Waals surface area contributed by atoms with Gasteiger partial charge in [-0.05, 0) is 12.8 Å². The average molecular weight is 478 g/mol. The molecule has 0 heterocycles. The standard InChI is InChI=1S/C14H17F7O8S/c1-3-7-27-10(23)12(13(17,18)19,29-9(2)22)28-8-5-4-6-11(15,16)14(20,21)30(24,25)26/h3H,1,4-8H2,2H3,(H,24,25,26). The zero-order valence-electron chi connectivity index (χ0n) is 15.2. The molecule has 0 radical (unpaired) electrons. The molecule has 0 aliphatic rings. The fourth-order valence-electron chi connectivity index (χ4n) is 1.82. The Balaban J connectivity index is 5.29. The molecule has 0 aromatic heterocycles. The highest BCUT2D eigenvalue weighted by Gasteiger charge is 2.68. The first-order valence-corrected chi connectivity index (χ1v) is 9.21. The van der Waals surface area contributed by atoms with Gasteiger partial charge in [0.15, 0.2) is 0 Å². The van der Waals surface area contributed by atoms with E-state index in [-0.39, 0.29) is 0 Å². The van der Waals surface area contributed by atoms with Crippen LogP contribution < -0.4 is 0 Å². The summed E-state index contributed by atoms with van der Waals surface area (Å²) in [7, 11) is -6.47. The fourth-order valence-corrected chi connectivity index (χ4v) is 2.30. The molecule has 0 rings (SSSR count). The van der Waals surface area contributed by atoms with Crippen molar-refractivity contribution in [3.63, 3.8) is 0 Å². The first-order valence-electron chi connectivity index (χ1n) is 7.77. The van der Waals surface area contributed by atoms with E-state index in [1.807, 2.05) is 0 Å². The van der Waals surface area contributed by atoms with Crippen LogP contribution in [0.2, 0.25) is 0 Å². The number of carbonyl (C=O) groups is 2. The summed E-state index contributed by atoms with van der Waals surface area (Å²) in [6.07, 6.45) is -8.56. The third-order valence-electron chi connectivity index (χ3n) is 3.20. The topological polar surface area (TPSA) is 116 Å². The van der Waals surface area contributed by atoms with E-state index in [0.717, 1.165) is 6.08 Å². The van der Waals surface area contributed by atoms with E-state index in [9.17, 15) is 48.7 Å². The summed E-state index contributed by atoms with van der Waals surface area (Å²) >= 11 is 0. The first-order chi connectivity index (χ1) is 13.4. The Morgan fingerprint density at radius 3 is 2.00 bits per heavy atom. The molecule has 0 spiro atoms. The van der Waals surface area contributed by atoms with Crippen LogP contribution in [0.5, 0.6) is 0 Å². The van der Waals surface area contributed by atoms with Crippen LogP contribution in [-0.2, 0) is 33.9 Å². The van der Waals surface area contributed by atoms with Crippen molar-refractivity contribution in [2.45, 2.75) is 49.3 Å². The Kier molecular flexibility index (Phi) is 9.27. The number of rotatable bonds is 12. The summed E-state index contributed by atoms with van der Waals surface area (Å²) in [5.41, 5.74) is 0. The van der Waals surface area contributed by atoms with Crippen molar-refractivity contribution in [3.05, 3.63) is 12.7 Å². The van der Waals surface area contributed by atoms with E-state index < -0.39 is 77.7 Å². The summed E-state index contributed by atoms with van der Waals surface area (Å²) in [5.74, 6) is -13.4. The summed E-state index contributed by atoms with van der Waals surface area (Å²) in [6.45, 7) is 1.63. The van der Waals surface area contributed by atoms with Gasteiger partial charge in [-0.15, -0.1) is 0 Å². The van der Waals surface area contributed by atoms with Gasteiger partial charge in [0, 0.05) is 13.3 Å². The van der Waals surface area contributed by atoms with Crippen molar-refractivity contribution >= 4 is 22.1 Å². The zero-order chi connectivity index (χ0) is 24.0. The minimum absolute atomic E-state index is 0.503. The highest BCUT2D eigenvalue weighted by atomic mass is 32.2. The quantitative estimate of drug-likeness (QED) is 0.114.